The fourth-order valence-electron chi connectivity index (χ4n) is 1.05. The minimum Gasteiger partial charge on any atom is -0.350 e. The quantitative estimate of drug-likeness (QED) is 0.740. The predicted octanol–water partition coefficient (Wildman–Crippen LogP) is 3.07. The van der Waals surface area contributed by atoms with Gasteiger partial charge in [0.15, 0.2) is 6.17 Å². The Hall–Kier alpha value is -0.510. The summed E-state index contributed by atoms with van der Waals surface area (Å²) in [6.45, 7) is 0. The molecule has 1 aliphatic heterocycles. The van der Waals surface area contributed by atoms with Crippen molar-refractivity contribution in [1.29, 1.82) is 0 Å². The van der Waals surface area contributed by atoms with Gasteiger partial charge in [0.1, 0.15) is 10.3 Å². The highest BCUT2D eigenvalue weighted by atomic mass is 35.5. The van der Waals surface area contributed by atoms with E-state index < -0.39 is 0 Å². The lowest BCUT2D eigenvalue weighted by Crippen LogP contribution is -2.20. The fraction of sp³-hybridized carbons (Fsp3) is 0.125. The van der Waals surface area contributed by atoms with Gasteiger partial charge in [-0.15, -0.1) is 11.3 Å². The molecule has 1 aromatic rings. The average molecular weight is 233 g/mol. The number of rotatable bonds is 1. The molecule has 13 heavy (non-hydrogen) atoms. The van der Waals surface area contributed by atoms with Crippen LogP contribution in [0, 0.1) is 0 Å². The van der Waals surface area contributed by atoms with Crippen LogP contribution < -0.4 is 5.32 Å². The van der Waals surface area contributed by atoms with E-state index in [1.54, 1.807) is 17.4 Å². The van der Waals surface area contributed by atoms with Crippen LogP contribution in [0.15, 0.2) is 33.7 Å². The van der Waals surface area contributed by atoms with Crippen molar-refractivity contribution in [1.82, 2.24) is 5.32 Å². The SMILES string of the molecule is ClC1=CC(Cl)=NC(c2cccs2)N1. The van der Waals surface area contributed by atoms with Crippen molar-refractivity contribution in [3.05, 3.63) is 33.6 Å². The van der Waals surface area contributed by atoms with Crippen LogP contribution >= 0.6 is 34.5 Å². The lowest BCUT2D eigenvalue weighted by molar-refractivity contribution is 0.654. The molecule has 0 bridgehead atoms. The summed E-state index contributed by atoms with van der Waals surface area (Å²) in [7, 11) is 0. The molecule has 2 rings (SSSR count). The second kappa shape index (κ2) is 3.70. The summed E-state index contributed by atoms with van der Waals surface area (Å²) in [4.78, 5) is 5.30. The van der Waals surface area contributed by atoms with E-state index in [9.17, 15) is 0 Å². The van der Waals surface area contributed by atoms with E-state index >= 15 is 0 Å². The number of halogens is 2. The normalized spacial score (nSPS) is 21.8. The van der Waals surface area contributed by atoms with Gasteiger partial charge in [0, 0.05) is 11.0 Å². The molecule has 0 aromatic carbocycles. The van der Waals surface area contributed by atoms with Crippen molar-refractivity contribution in [2.45, 2.75) is 6.17 Å². The van der Waals surface area contributed by atoms with E-state index in [0.717, 1.165) is 4.88 Å². The van der Waals surface area contributed by atoms with Crippen LogP contribution in [-0.4, -0.2) is 5.17 Å². The van der Waals surface area contributed by atoms with E-state index in [2.05, 4.69) is 10.3 Å². The Bertz CT molecular complexity index is 356. The second-order valence-electron chi connectivity index (χ2n) is 2.51. The molecule has 0 saturated carbocycles. The lowest BCUT2D eigenvalue weighted by Gasteiger charge is -2.17. The van der Waals surface area contributed by atoms with Crippen LogP contribution in [-0.2, 0) is 0 Å². The van der Waals surface area contributed by atoms with Gasteiger partial charge in [0.25, 0.3) is 0 Å². The van der Waals surface area contributed by atoms with E-state index in [0.29, 0.717) is 10.3 Å². The molecule has 68 valence electrons. The van der Waals surface area contributed by atoms with Gasteiger partial charge in [-0.1, -0.05) is 29.3 Å². The first-order valence-electron chi connectivity index (χ1n) is 3.66. The van der Waals surface area contributed by atoms with Crippen molar-refractivity contribution >= 4 is 39.7 Å². The molecule has 0 aliphatic carbocycles. The molecule has 2 heterocycles. The molecule has 0 spiro atoms. The molecule has 2 nitrogen and oxygen atoms in total. The number of nitrogens with zero attached hydrogens (tertiary/aromatic N) is 1. The fourth-order valence-corrected chi connectivity index (χ4v) is 2.23. The third-order valence-electron chi connectivity index (χ3n) is 1.59. The molecule has 0 fully saturated rings. The van der Waals surface area contributed by atoms with Crippen LogP contribution in [0.2, 0.25) is 0 Å². The summed E-state index contributed by atoms with van der Waals surface area (Å²) in [5.41, 5.74) is 0. The van der Waals surface area contributed by atoms with Gasteiger partial charge in [-0.05, 0) is 11.4 Å². The topological polar surface area (TPSA) is 24.4 Å². The highest BCUT2D eigenvalue weighted by molar-refractivity contribution is 7.10. The highest BCUT2D eigenvalue weighted by Crippen LogP contribution is 2.25. The summed E-state index contributed by atoms with van der Waals surface area (Å²) in [6.07, 6.45) is 1.46. The third-order valence-corrected chi connectivity index (χ3v) is 2.94. The predicted molar refractivity (Wildman–Crippen MR) is 57.4 cm³/mol. The van der Waals surface area contributed by atoms with Gasteiger partial charge in [-0.25, -0.2) is 4.99 Å². The molecule has 0 amide bonds. The largest absolute Gasteiger partial charge is 0.350 e. The zero-order valence-corrected chi connectivity index (χ0v) is 8.83. The molecule has 1 unspecified atom stereocenters. The number of hydrogen-bond acceptors (Lipinski definition) is 3. The van der Waals surface area contributed by atoms with Crippen LogP contribution in [0.3, 0.4) is 0 Å². The van der Waals surface area contributed by atoms with Crippen molar-refractivity contribution < 1.29 is 0 Å². The van der Waals surface area contributed by atoms with Crippen molar-refractivity contribution in [3.63, 3.8) is 0 Å². The summed E-state index contributed by atoms with van der Waals surface area (Å²) in [5.74, 6) is 0. The van der Waals surface area contributed by atoms with Gasteiger partial charge in [-0.3, -0.25) is 0 Å². The first kappa shape index (κ1) is 9.06. The van der Waals surface area contributed by atoms with Gasteiger partial charge in [-0.2, -0.15) is 0 Å². The van der Waals surface area contributed by atoms with Gasteiger partial charge in [0.2, 0.25) is 0 Å². The van der Waals surface area contributed by atoms with Crippen LogP contribution in [0.1, 0.15) is 11.0 Å². The van der Waals surface area contributed by atoms with Crippen LogP contribution in [0.4, 0.5) is 0 Å². The van der Waals surface area contributed by atoms with Crippen LogP contribution in [0.5, 0.6) is 0 Å². The Morgan fingerprint density at radius 1 is 1.46 bits per heavy atom. The zero-order chi connectivity index (χ0) is 9.26. The van der Waals surface area contributed by atoms with Gasteiger partial charge >= 0.3 is 0 Å². The first-order valence-corrected chi connectivity index (χ1v) is 5.30. The molecule has 1 aromatic heterocycles. The first-order chi connectivity index (χ1) is 6.25. The van der Waals surface area contributed by atoms with Gasteiger partial charge < -0.3 is 5.32 Å². The van der Waals surface area contributed by atoms with Crippen molar-refractivity contribution in [3.8, 4) is 0 Å². The minimum absolute atomic E-state index is 0.134. The molecule has 0 saturated heterocycles. The number of thiophene rings is 1. The summed E-state index contributed by atoms with van der Waals surface area (Å²) in [5, 5.41) is 5.97. The standard InChI is InChI=1S/C8H6Cl2N2S/c9-6-4-7(10)12-8(11-6)5-2-1-3-13-5/h1-4,8,11H. The van der Waals surface area contributed by atoms with E-state index in [-0.39, 0.29) is 6.17 Å². The average Bonchev–Trinajstić information content (AvgIpc) is 2.53. The number of nitrogens with one attached hydrogen (secondary N) is 1. The second-order valence-corrected chi connectivity index (χ2v) is 4.28. The molecule has 0 radical (unpaired) electrons. The highest BCUT2D eigenvalue weighted by Gasteiger charge is 2.15. The third kappa shape index (κ3) is 2.05. The number of hydrogen-bond donors (Lipinski definition) is 1. The van der Waals surface area contributed by atoms with Crippen molar-refractivity contribution in [2.24, 2.45) is 4.99 Å². The number of allylic oxidation sites excluding steroid dienone is 1. The summed E-state index contributed by atoms with van der Waals surface area (Å²) in [6, 6.07) is 3.96. The molecule has 1 atom stereocenters. The van der Waals surface area contributed by atoms with E-state index in [1.807, 2.05) is 17.5 Å². The monoisotopic (exact) mass is 232 g/mol. The summed E-state index contributed by atoms with van der Waals surface area (Å²) >= 11 is 13.2. The summed E-state index contributed by atoms with van der Waals surface area (Å²) < 4.78 is 0. The molecular formula is C8H6Cl2N2S. The Morgan fingerprint density at radius 2 is 2.31 bits per heavy atom. The maximum absolute atomic E-state index is 5.81. The van der Waals surface area contributed by atoms with E-state index in [4.69, 9.17) is 23.2 Å². The smallest absolute Gasteiger partial charge is 0.156 e. The molecule has 1 N–H and O–H groups in total. The zero-order valence-electron chi connectivity index (χ0n) is 6.50. The Balaban J connectivity index is 2.25. The van der Waals surface area contributed by atoms with Crippen LogP contribution in [0.25, 0.3) is 0 Å². The van der Waals surface area contributed by atoms with Crippen molar-refractivity contribution in [2.75, 3.05) is 0 Å². The van der Waals surface area contributed by atoms with Gasteiger partial charge in [0.05, 0.1) is 0 Å². The number of aliphatic imine (C=N–C) groups is 1. The molecular weight excluding hydrogens is 227 g/mol. The minimum atomic E-state index is -0.134. The Morgan fingerprint density at radius 3 is 2.92 bits per heavy atom. The molecule has 5 heteroatoms. The molecule has 1 aliphatic rings. The van der Waals surface area contributed by atoms with E-state index in [1.165, 1.54) is 0 Å². The Labute approximate surface area is 89.9 Å². The maximum Gasteiger partial charge on any atom is 0.156 e. The maximum atomic E-state index is 5.81. The lowest BCUT2D eigenvalue weighted by atomic mass is 10.3. The Kier molecular flexibility index (Phi) is 2.58.